The standard InChI is InChI=1S/C13H15N5O2S2/c1-2-3-4-18-11(20)15-16-13(18)22-8-9-7-10(19)17-5-6-21-12(17)14-9/h5-7H,2-4,8H2,1H3,(H,15,20). The van der Waals surface area contributed by atoms with Crippen molar-refractivity contribution < 1.29 is 0 Å². The lowest BCUT2D eigenvalue weighted by Crippen LogP contribution is -2.17. The smallest absolute Gasteiger partial charge is 0.270 e. The number of thiazole rings is 1. The number of rotatable bonds is 6. The number of hydrogen-bond donors (Lipinski definition) is 1. The predicted octanol–water partition coefficient (Wildman–Crippen LogP) is 1.73. The second-order valence-corrected chi connectivity index (χ2v) is 6.56. The van der Waals surface area contributed by atoms with Crippen LogP contribution in [-0.4, -0.2) is 24.1 Å². The van der Waals surface area contributed by atoms with Crippen LogP contribution in [0.15, 0.2) is 32.4 Å². The number of aromatic amines is 1. The van der Waals surface area contributed by atoms with Gasteiger partial charge in [0, 0.05) is 29.9 Å². The maximum atomic E-state index is 11.9. The van der Waals surface area contributed by atoms with Crippen LogP contribution in [0.25, 0.3) is 4.96 Å². The third-order valence-electron chi connectivity index (χ3n) is 3.16. The fraction of sp³-hybridized carbons (Fsp3) is 0.385. The number of nitrogens with zero attached hydrogens (tertiary/aromatic N) is 4. The monoisotopic (exact) mass is 337 g/mol. The van der Waals surface area contributed by atoms with Crippen molar-refractivity contribution in [2.45, 2.75) is 37.2 Å². The van der Waals surface area contributed by atoms with Crippen LogP contribution in [0.1, 0.15) is 25.5 Å². The van der Waals surface area contributed by atoms with E-state index in [9.17, 15) is 9.59 Å². The van der Waals surface area contributed by atoms with Crippen molar-refractivity contribution in [2.75, 3.05) is 0 Å². The van der Waals surface area contributed by atoms with Gasteiger partial charge in [-0.1, -0.05) is 25.1 Å². The van der Waals surface area contributed by atoms with Gasteiger partial charge in [-0.2, -0.15) is 0 Å². The second-order valence-electron chi connectivity index (χ2n) is 4.75. The molecule has 7 nitrogen and oxygen atoms in total. The van der Waals surface area contributed by atoms with E-state index >= 15 is 0 Å². The van der Waals surface area contributed by atoms with Gasteiger partial charge in [-0.25, -0.2) is 14.9 Å². The minimum Gasteiger partial charge on any atom is -0.270 e. The molecule has 0 saturated heterocycles. The fourth-order valence-corrected chi connectivity index (χ4v) is 3.63. The summed E-state index contributed by atoms with van der Waals surface area (Å²) in [4.78, 5) is 28.8. The Labute approximate surface area is 134 Å². The van der Waals surface area contributed by atoms with Gasteiger partial charge in [0.1, 0.15) is 0 Å². The number of unbranched alkanes of at least 4 members (excludes halogenated alkanes) is 1. The van der Waals surface area contributed by atoms with Gasteiger partial charge < -0.3 is 0 Å². The minimum absolute atomic E-state index is 0.0905. The molecule has 9 heteroatoms. The highest BCUT2D eigenvalue weighted by atomic mass is 32.2. The van der Waals surface area contributed by atoms with Crippen molar-refractivity contribution in [1.82, 2.24) is 24.1 Å². The van der Waals surface area contributed by atoms with E-state index in [1.807, 2.05) is 5.38 Å². The molecule has 0 spiro atoms. The molecule has 0 bridgehead atoms. The zero-order valence-electron chi connectivity index (χ0n) is 12.0. The van der Waals surface area contributed by atoms with E-state index in [1.165, 1.54) is 33.6 Å². The molecule has 0 fully saturated rings. The van der Waals surface area contributed by atoms with Crippen LogP contribution in [-0.2, 0) is 12.3 Å². The first-order chi connectivity index (χ1) is 10.7. The van der Waals surface area contributed by atoms with E-state index in [0.717, 1.165) is 12.8 Å². The van der Waals surface area contributed by atoms with Crippen LogP contribution in [0.3, 0.4) is 0 Å². The first-order valence-corrected chi connectivity index (χ1v) is 8.79. The summed E-state index contributed by atoms with van der Waals surface area (Å²) in [6, 6.07) is 1.52. The molecular formula is C13H15N5O2S2. The van der Waals surface area contributed by atoms with E-state index in [0.29, 0.717) is 28.1 Å². The molecule has 3 aromatic heterocycles. The maximum Gasteiger partial charge on any atom is 0.343 e. The molecule has 0 saturated carbocycles. The van der Waals surface area contributed by atoms with Crippen molar-refractivity contribution in [2.24, 2.45) is 0 Å². The van der Waals surface area contributed by atoms with Crippen molar-refractivity contribution in [1.29, 1.82) is 0 Å². The quantitative estimate of drug-likeness (QED) is 0.693. The van der Waals surface area contributed by atoms with Crippen LogP contribution in [0, 0.1) is 0 Å². The minimum atomic E-state index is -0.197. The lowest BCUT2D eigenvalue weighted by molar-refractivity contribution is 0.573. The number of fused-ring (bicyclic) bond motifs is 1. The Hall–Kier alpha value is -1.87. The van der Waals surface area contributed by atoms with Crippen LogP contribution < -0.4 is 11.2 Å². The Morgan fingerprint density at radius 3 is 3.09 bits per heavy atom. The molecular weight excluding hydrogens is 322 g/mol. The molecule has 0 aromatic carbocycles. The van der Waals surface area contributed by atoms with E-state index in [4.69, 9.17) is 0 Å². The fourth-order valence-electron chi connectivity index (χ4n) is 2.03. The lowest BCUT2D eigenvalue weighted by atomic mass is 10.3. The van der Waals surface area contributed by atoms with Gasteiger partial charge in [0.2, 0.25) is 0 Å². The summed E-state index contributed by atoms with van der Waals surface area (Å²) < 4.78 is 3.15. The van der Waals surface area contributed by atoms with Gasteiger partial charge in [-0.3, -0.25) is 13.8 Å². The zero-order chi connectivity index (χ0) is 15.5. The van der Waals surface area contributed by atoms with Gasteiger partial charge in [-0.15, -0.1) is 16.4 Å². The summed E-state index contributed by atoms with van der Waals surface area (Å²) in [6.45, 7) is 2.72. The zero-order valence-corrected chi connectivity index (χ0v) is 13.6. The maximum absolute atomic E-state index is 11.9. The van der Waals surface area contributed by atoms with Crippen molar-refractivity contribution in [3.05, 3.63) is 44.2 Å². The summed E-state index contributed by atoms with van der Waals surface area (Å²) in [5, 5.41) is 8.97. The molecule has 22 heavy (non-hydrogen) atoms. The molecule has 0 unspecified atom stereocenters. The molecule has 3 rings (SSSR count). The summed E-state index contributed by atoms with van der Waals surface area (Å²) in [7, 11) is 0. The Morgan fingerprint density at radius 1 is 1.41 bits per heavy atom. The third-order valence-corrected chi connectivity index (χ3v) is 4.93. The van der Waals surface area contributed by atoms with E-state index < -0.39 is 0 Å². The normalized spacial score (nSPS) is 11.3. The lowest BCUT2D eigenvalue weighted by Gasteiger charge is -2.04. The number of aromatic nitrogens is 5. The molecule has 0 atom stereocenters. The summed E-state index contributed by atoms with van der Waals surface area (Å²) in [5.74, 6) is 0.500. The molecule has 1 N–H and O–H groups in total. The van der Waals surface area contributed by atoms with Crippen LogP contribution in [0.4, 0.5) is 0 Å². The van der Waals surface area contributed by atoms with Crippen molar-refractivity contribution >= 4 is 28.1 Å². The summed E-state index contributed by atoms with van der Waals surface area (Å²) in [6.07, 6.45) is 3.64. The summed E-state index contributed by atoms with van der Waals surface area (Å²) >= 11 is 2.83. The molecule has 3 aromatic rings. The van der Waals surface area contributed by atoms with E-state index in [1.54, 1.807) is 10.8 Å². The first-order valence-electron chi connectivity index (χ1n) is 6.93. The Bertz CT molecular complexity index is 892. The molecule has 0 aliphatic carbocycles. The van der Waals surface area contributed by atoms with Crippen LogP contribution >= 0.6 is 23.1 Å². The van der Waals surface area contributed by atoms with Crippen LogP contribution in [0.2, 0.25) is 0 Å². The van der Waals surface area contributed by atoms with Gasteiger partial charge >= 0.3 is 5.69 Å². The first kappa shape index (κ1) is 15.0. The van der Waals surface area contributed by atoms with Gasteiger partial charge in [0.25, 0.3) is 5.56 Å². The van der Waals surface area contributed by atoms with Gasteiger partial charge in [-0.05, 0) is 6.42 Å². The van der Waals surface area contributed by atoms with Crippen LogP contribution in [0.5, 0.6) is 0 Å². The summed E-state index contributed by atoms with van der Waals surface area (Å²) in [5.41, 5.74) is 0.403. The third kappa shape index (κ3) is 3.00. The van der Waals surface area contributed by atoms with E-state index in [2.05, 4.69) is 22.1 Å². The van der Waals surface area contributed by atoms with Gasteiger partial charge in [0.15, 0.2) is 10.1 Å². The highest BCUT2D eigenvalue weighted by molar-refractivity contribution is 7.98. The number of nitrogens with one attached hydrogen (secondary N) is 1. The average molecular weight is 337 g/mol. The number of H-pyrrole nitrogens is 1. The molecule has 116 valence electrons. The molecule has 0 aliphatic rings. The number of hydrogen-bond acceptors (Lipinski definition) is 6. The molecule has 0 radical (unpaired) electrons. The Kier molecular flexibility index (Phi) is 4.44. The molecule has 0 aliphatic heterocycles. The SMILES string of the molecule is CCCCn1c(SCc2cc(=O)n3ccsc3n2)n[nH]c1=O. The molecule has 0 amide bonds. The Morgan fingerprint density at radius 2 is 2.27 bits per heavy atom. The predicted molar refractivity (Wildman–Crippen MR) is 86.7 cm³/mol. The number of thioether (sulfide) groups is 1. The Balaban J connectivity index is 1.79. The van der Waals surface area contributed by atoms with Crippen molar-refractivity contribution in [3.8, 4) is 0 Å². The highest BCUT2D eigenvalue weighted by Crippen LogP contribution is 2.19. The largest absolute Gasteiger partial charge is 0.343 e. The molecule has 3 heterocycles. The second kappa shape index (κ2) is 6.49. The highest BCUT2D eigenvalue weighted by Gasteiger charge is 2.10. The van der Waals surface area contributed by atoms with E-state index in [-0.39, 0.29) is 11.2 Å². The average Bonchev–Trinajstić information content (AvgIpc) is 3.10. The van der Waals surface area contributed by atoms with Crippen molar-refractivity contribution in [3.63, 3.8) is 0 Å². The topological polar surface area (TPSA) is 85.0 Å². The van der Waals surface area contributed by atoms with Gasteiger partial charge in [0.05, 0.1) is 5.69 Å².